The number of carbonyl (C=O) groups excluding carboxylic acids is 3. The molecule has 2 rings (SSSR count). The maximum Gasteiger partial charge on any atom is 0.305 e. The molecule has 2 amide bonds. The molecule has 0 aliphatic rings. The van der Waals surface area contributed by atoms with Crippen molar-refractivity contribution < 1.29 is 28.7 Å². The fourth-order valence-electron chi connectivity index (χ4n) is 3.21. The molecule has 0 unspecified atom stereocenters. The van der Waals surface area contributed by atoms with Gasteiger partial charge in [0.2, 0.25) is 11.8 Å². The Morgan fingerprint density at radius 1 is 1.23 bits per heavy atom. The Balaban J connectivity index is 1.90. The monoisotopic (exact) mass is 419 g/mol. The summed E-state index contributed by atoms with van der Waals surface area (Å²) in [4.78, 5) is 49.5. The number of carboxylic acids is 1. The molecule has 0 saturated carbocycles. The van der Waals surface area contributed by atoms with E-state index in [0.717, 1.165) is 16.5 Å². The lowest BCUT2D eigenvalue weighted by Crippen LogP contribution is -2.44. The molecule has 30 heavy (non-hydrogen) atoms. The number of hydrogen-bond donors (Lipinski definition) is 4. The number of aromatic amines is 1. The predicted octanol–water partition coefficient (Wildman–Crippen LogP) is 1.79. The molecule has 0 saturated heterocycles. The average molecular weight is 419 g/mol. The Morgan fingerprint density at radius 2 is 1.97 bits per heavy atom. The van der Waals surface area contributed by atoms with Gasteiger partial charge < -0.3 is 25.5 Å². The van der Waals surface area contributed by atoms with E-state index in [1.807, 2.05) is 0 Å². The number of amides is 2. The standard InChI is InChI=1S/C21H26FN3O5/c1-12(2)16(21(30)25-15(11-26)8-20(28)29)9-19(27)23-6-5-13-10-24-18-4-3-14(22)7-17(13)18/h3-4,7,10-12,15-16,24H,5-6,8-9H2,1-2H3,(H,23,27)(H,25,30)(H,28,29)/t15-,16-/m0/s1. The second-order valence-corrected chi connectivity index (χ2v) is 7.51. The molecule has 9 heteroatoms. The van der Waals surface area contributed by atoms with E-state index in [9.17, 15) is 23.6 Å². The molecule has 0 aliphatic carbocycles. The number of carboxylic acid groups (broad SMARTS) is 1. The summed E-state index contributed by atoms with van der Waals surface area (Å²) in [6, 6.07) is 3.31. The van der Waals surface area contributed by atoms with Gasteiger partial charge in [0.05, 0.1) is 12.5 Å². The molecule has 0 spiro atoms. The van der Waals surface area contributed by atoms with Gasteiger partial charge in [-0.3, -0.25) is 14.4 Å². The van der Waals surface area contributed by atoms with Crippen LogP contribution in [-0.2, 0) is 25.6 Å². The Morgan fingerprint density at radius 3 is 2.60 bits per heavy atom. The molecular weight excluding hydrogens is 393 g/mol. The molecule has 0 bridgehead atoms. The molecule has 8 nitrogen and oxygen atoms in total. The van der Waals surface area contributed by atoms with Gasteiger partial charge >= 0.3 is 5.97 Å². The van der Waals surface area contributed by atoms with Crippen molar-refractivity contribution in [2.75, 3.05) is 6.54 Å². The van der Waals surface area contributed by atoms with Gasteiger partial charge in [-0.15, -0.1) is 0 Å². The van der Waals surface area contributed by atoms with E-state index >= 15 is 0 Å². The lowest BCUT2D eigenvalue weighted by Gasteiger charge is -2.21. The van der Waals surface area contributed by atoms with Crippen molar-refractivity contribution >= 4 is 35.0 Å². The van der Waals surface area contributed by atoms with Crippen LogP contribution in [0.15, 0.2) is 24.4 Å². The first-order chi connectivity index (χ1) is 14.2. The summed E-state index contributed by atoms with van der Waals surface area (Å²) in [6.07, 6.45) is 2.01. The highest BCUT2D eigenvalue weighted by molar-refractivity contribution is 5.88. The number of aliphatic carboxylic acids is 1. The first-order valence-corrected chi connectivity index (χ1v) is 9.71. The number of aldehydes is 1. The van der Waals surface area contributed by atoms with Crippen molar-refractivity contribution in [3.63, 3.8) is 0 Å². The smallest absolute Gasteiger partial charge is 0.305 e. The van der Waals surface area contributed by atoms with Crippen molar-refractivity contribution in [1.82, 2.24) is 15.6 Å². The second kappa shape index (κ2) is 10.5. The van der Waals surface area contributed by atoms with Crippen LogP contribution in [0.1, 0.15) is 32.3 Å². The molecule has 1 aromatic heterocycles. The normalized spacial score (nSPS) is 13.1. The quantitative estimate of drug-likeness (QED) is 0.413. The van der Waals surface area contributed by atoms with Gasteiger partial charge in [-0.2, -0.15) is 0 Å². The Kier molecular flexibility index (Phi) is 8.08. The molecular formula is C21H26FN3O5. The third-order valence-electron chi connectivity index (χ3n) is 4.88. The van der Waals surface area contributed by atoms with E-state index in [1.165, 1.54) is 12.1 Å². The molecule has 0 radical (unpaired) electrons. The fraction of sp³-hybridized carbons (Fsp3) is 0.429. The summed E-state index contributed by atoms with van der Waals surface area (Å²) in [5.74, 6) is -3.31. The van der Waals surface area contributed by atoms with E-state index in [2.05, 4.69) is 15.6 Å². The van der Waals surface area contributed by atoms with Gasteiger partial charge in [0, 0.05) is 36.0 Å². The lowest BCUT2D eigenvalue weighted by atomic mass is 9.91. The minimum atomic E-state index is -1.21. The summed E-state index contributed by atoms with van der Waals surface area (Å²) >= 11 is 0. The largest absolute Gasteiger partial charge is 0.481 e. The summed E-state index contributed by atoms with van der Waals surface area (Å²) in [5, 5.41) is 14.7. The van der Waals surface area contributed by atoms with E-state index in [0.29, 0.717) is 19.3 Å². The van der Waals surface area contributed by atoms with Gasteiger partial charge in [0.15, 0.2) is 0 Å². The topological polar surface area (TPSA) is 128 Å². The molecule has 1 heterocycles. The molecule has 162 valence electrons. The van der Waals surface area contributed by atoms with Crippen LogP contribution < -0.4 is 10.6 Å². The predicted molar refractivity (Wildman–Crippen MR) is 108 cm³/mol. The van der Waals surface area contributed by atoms with Gasteiger partial charge in [-0.25, -0.2) is 4.39 Å². The Hall–Kier alpha value is -3.23. The first kappa shape index (κ1) is 23.1. The fourth-order valence-corrected chi connectivity index (χ4v) is 3.21. The average Bonchev–Trinajstić information content (AvgIpc) is 3.07. The highest BCUT2D eigenvalue weighted by atomic mass is 19.1. The minimum absolute atomic E-state index is 0.0926. The van der Waals surface area contributed by atoms with Crippen molar-refractivity contribution in [3.05, 3.63) is 35.8 Å². The number of benzene rings is 1. The van der Waals surface area contributed by atoms with Crippen molar-refractivity contribution in [2.45, 2.75) is 39.2 Å². The Labute approximate surface area is 173 Å². The molecule has 0 fully saturated rings. The van der Waals surface area contributed by atoms with E-state index in [1.54, 1.807) is 26.1 Å². The van der Waals surface area contributed by atoms with Gasteiger partial charge in [-0.05, 0) is 36.1 Å². The van der Waals surface area contributed by atoms with E-state index in [-0.39, 0.29) is 24.1 Å². The summed E-state index contributed by atoms with van der Waals surface area (Å²) in [6.45, 7) is 3.85. The molecule has 4 N–H and O–H groups in total. The van der Waals surface area contributed by atoms with Crippen molar-refractivity contribution in [3.8, 4) is 0 Å². The van der Waals surface area contributed by atoms with Crippen LogP contribution in [0.3, 0.4) is 0 Å². The molecule has 2 aromatic rings. The van der Waals surface area contributed by atoms with Gasteiger partial charge in [0.1, 0.15) is 12.1 Å². The number of nitrogens with one attached hydrogen (secondary N) is 3. The molecule has 1 aromatic carbocycles. The van der Waals surface area contributed by atoms with E-state index < -0.39 is 30.3 Å². The number of fused-ring (bicyclic) bond motifs is 1. The zero-order valence-corrected chi connectivity index (χ0v) is 16.9. The van der Waals surface area contributed by atoms with Crippen LogP contribution >= 0.6 is 0 Å². The van der Waals surface area contributed by atoms with Gasteiger partial charge in [-0.1, -0.05) is 13.8 Å². The zero-order chi connectivity index (χ0) is 22.3. The number of carbonyl (C=O) groups is 4. The number of hydrogen-bond acceptors (Lipinski definition) is 4. The van der Waals surface area contributed by atoms with Crippen LogP contribution in [0, 0.1) is 17.7 Å². The summed E-state index contributed by atoms with van der Waals surface area (Å²) in [5.41, 5.74) is 1.67. The minimum Gasteiger partial charge on any atom is -0.481 e. The third-order valence-corrected chi connectivity index (χ3v) is 4.88. The SMILES string of the molecule is CC(C)[C@H](CC(=O)NCCc1c[nH]c2ccc(F)cc12)C(=O)N[C@H](C=O)CC(=O)O. The number of rotatable bonds is 11. The number of aromatic nitrogens is 1. The van der Waals surface area contributed by atoms with Crippen LogP contribution in [0.4, 0.5) is 4.39 Å². The van der Waals surface area contributed by atoms with Crippen molar-refractivity contribution in [2.24, 2.45) is 11.8 Å². The van der Waals surface area contributed by atoms with Crippen LogP contribution in [0.5, 0.6) is 0 Å². The zero-order valence-electron chi connectivity index (χ0n) is 16.9. The highest BCUT2D eigenvalue weighted by Crippen LogP contribution is 2.20. The number of halogens is 1. The van der Waals surface area contributed by atoms with Gasteiger partial charge in [0.25, 0.3) is 0 Å². The molecule has 0 aliphatic heterocycles. The van der Waals surface area contributed by atoms with Crippen LogP contribution in [0.25, 0.3) is 10.9 Å². The lowest BCUT2D eigenvalue weighted by molar-refractivity contribution is -0.139. The first-order valence-electron chi connectivity index (χ1n) is 9.71. The maximum absolute atomic E-state index is 13.4. The molecule has 2 atom stereocenters. The van der Waals surface area contributed by atoms with E-state index in [4.69, 9.17) is 5.11 Å². The Bertz CT molecular complexity index is 925. The van der Waals surface area contributed by atoms with Crippen LogP contribution in [-0.4, -0.2) is 46.7 Å². The summed E-state index contributed by atoms with van der Waals surface area (Å²) in [7, 11) is 0. The number of H-pyrrole nitrogens is 1. The second-order valence-electron chi connectivity index (χ2n) is 7.51. The van der Waals surface area contributed by atoms with Crippen LogP contribution in [0.2, 0.25) is 0 Å². The van der Waals surface area contributed by atoms with Crippen molar-refractivity contribution in [1.29, 1.82) is 0 Å². The summed E-state index contributed by atoms with van der Waals surface area (Å²) < 4.78 is 13.4. The maximum atomic E-state index is 13.4. The highest BCUT2D eigenvalue weighted by Gasteiger charge is 2.27. The third kappa shape index (κ3) is 6.40.